The maximum absolute atomic E-state index is 10.6. The molecule has 0 aliphatic rings. The smallest absolute Gasteiger partial charge is 0.475 e. The van der Waals surface area contributed by atoms with Gasteiger partial charge in [0.1, 0.15) is 0 Å². The van der Waals surface area contributed by atoms with Gasteiger partial charge in [0.2, 0.25) is 0 Å². The average Bonchev–Trinajstić information content (AvgIpc) is 2.64. The van der Waals surface area contributed by atoms with Crippen LogP contribution in [0.15, 0.2) is 0 Å². The summed E-state index contributed by atoms with van der Waals surface area (Å²) in [5.74, 6) is -2.76. The zero-order valence-electron chi connectivity index (χ0n) is 18.8. The first-order valence-corrected chi connectivity index (χ1v) is 11.2. The van der Waals surface area contributed by atoms with Gasteiger partial charge in [0.15, 0.2) is 0 Å². The van der Waals surface area contributed by atoms with Gasteiger partial charge in [0, 0.05) is 12.6 Å². The fourth-order valence-corrected chi connectivity index (χ4v) is 3.20. The zero-order chi connectivity index (χ0) is 22.5. The lowest BCUT2D eigenvalue weighted by molar-refractivity contribution is -0.192. The Morgan fingerprint density at radius 3 is 1.45 bits per heavy atom. The average molecular weight is 428 g/mol. The van der Waals surface area contributed by atoms with Crippen molar-refractivity contribution in [3.63, 3.8) is 0 Å². The topological polar surface area (TPSA) is 60.8 Å². The second-order valence-electron chi connectivity index (χ2n) is 7.96. The number of alkyl halides is 3. The van der Waals surface area contributed by atoms with Crippen molar-refractivity contribution in [2.45, 2.75) is 115 Å². The van der Waals surface area contributed by atoms with E-state index in [1.807, 2.05) is 0 Å². The van der Waals surface area contributed by atoms with Crippen molar-refractivity contribution in [2.75, 3.05) is 20.7 Å². The van der Waals surface area contributed by atoms with Crippen LogP contribution in [0.2, 0.25) is 0 Å². The molecule has 0 saturated heterocycles. The Labute approximate surface area is 175 Å². The molecule has 29 heavy (non-hydrogen) atoms. The maximum atomic E-state index is 10.6. The SMILES string of the molecule is CCCCCCCCCCCCCC(CCCCO)N(C)C.O=C(O)C(F)(F)F. The molecule has 4 nitrogen and oxygen atoms in total. The number of aliphatic hydroxyl groups is 1. The number of unbranched alkanes of at least 4 members (excludes halogenated alkanes) is 11. The van der Waals surface area contributed by atoms with Crippen LogP contribution in [-0.4, -0.2) is 54.0 Å². The molecule has 0 aliphatic heterocycles. The highest BCUT2D eigenvalue weighted by Crippen LogP contribution is 2.16. The van der Waals surface area contributed by atoms with Crippen molar-refractivity contribution in [2.24, 2.45) is 0 Å². The lowest BCUT2D eigenvalue weighted by Gasteiger charge is -2.24. The molecule has 0 fully saturated rings. The molecule has 0 bridgehead atoms. The first-order chi connectivity index (χ1) is 13.7. The van der Waals surface area contributed by atoms with Crippen molar-refractivity contribution in [3.8, 4) is 0 Å². The van der Waals surface area contributed by atoms with Gasteiger partial charge in [-0.05, 0) is 39.8 Å². The fraction of sp³-hybridized carbons (Fsp3) is 0.955. The number of aliphatic carboxylic acids is 1. The summed E-state index contributed by atoms with van der Waals surface area (Å²) in [6, 6.07) is 0.713. The van der Waals surface area contributed by atoms with E-state index in [1.54, 1.807) is 0 Å². The molecule has 0 heterocycles. The molecule has 0 saturated carbocycles. The first-order valence-electron chi connectivity index (χ1n) is 11.2. The Kier molecular flexibility index (Phi) is 21.4. The molecular weight excluding hydrogens is 383 g/mol. The Balaban J connectivity index is 0. The number of carboxylic acid groups (broad SMARTS) is 1. The van der Waals surface area contributed by atoms with Gasteiger partial charge in [0.25, 0.3) is 0 Å². The lowest BCUT2D eigenvalue weighted by Crippen LogP contribution is -2.27. The van der Waals surface area contributed by atoms with Crippen molar-refractivity contribution < 1.29 is 28.2 Å². The summed E-state index contributed by atoms with van der Waals surface area (Å²) in [4.78, 5) is 11.3. The summed E-state index contributed by atoms with van der Waals surface area (Å²) in [6.45, 7) is 2.63. The van der Waals surface area contributed by atoms with E-state index < -0.39 is 12.1 Å². The van der Waals surface area contributed by atoms with Crippen LogP contribution < -0.4 is 0 Å². The quantitative estimate of drug-likeness (QED) is 0.263. The van der Waals surface area contributed by atoms with E-state index in [-0.39, 0.29) is 0 Å². The molecule has 1 unspecified atom stereocenters. The Hall–Kier alpha value is -0.820. The molecular formula is C22H44F3NO3. The van der Waals surface area contributed by atoms with Crippen LogP contribution in [-0.2, 0) is 4.79 Å². The van der Waals surface area contributed by atoms with Crippen LogP contribution in [0.5, 0.6) is 0 Å². The summed E-state index contributed by atoms with van der Waals surface area (Å²) < 4.78 is 31.7. The van der Waals surface area contributed by atoms with Gasteiger partial charge in [-0.2, -0.15) is 13.2 Å². The Bertz CT molecular complexity index is 364. The molecule has 7 heteroatoms. The van der Waals surface area contributed by atoms with E-state index in [9.17, 15) is 13.2 Å². The third-order valence-corrected chi connectivity index (χ3v) is 5.06. The van der Waals surface area contributed by atoms with Gasteiger partial charge in [-0.25, -0.2) is 4.79 Å². The Morgan fingerprint density at radius 1 is 0.793 bits per heavy atom. The summed E-state index contributed by atoms with van der Waals surface area (Å²) >= 11 is 0. The van der Waals surface area contributed by atoms with Crippen LogP contribution in [0.25, 0.3) is 0 Å². The second kappa shape index (κ2) is 20.5. The van der Waals surface area contributed by atoms with Crippen molar-refractivity contribution in [1.82, 2.24) is 4.90 Å². The van der Waals surface area contributed by atoms with Crippen LogP contribution in [0, 0.1) is 0 Å². The van der Waals surface area contributed by atoms with Crippen LogP contribution >= 0.6 is 0 Å². The predicted molar refractivity (Wildman–Crippen MR) is 113 cm³/mol. The van der Waals surface area contributed by atoms with E-state index >= 15 is 0 Å². The number of halogens is 3. The third-order valence-electron chi connectivity index (χ3n) is 5.06. The van der Waals surface area contributed by atoms with Crippen LogP contribution in [0.4, 0.5) is 13.2 Å². The van der Waals surface area contributed by atoms with E-state index in [1.165, 1.54) is 83.5 Å². The zero-order valence-corrected chi connectivity index (χ0v) is 18.8. The Morgan fingerprint density at radius 2 is 1.14 bits per heavy atom. The molecule has 1 atom stereocenters. The number of hydrogen-bond donors (Lipinski definition) is 2. The van der Waals surface area contributed by atoms with Gasteiger partial charge in [-0.15, -0.1) is 0 Å². The van der Waals surface area contributed by atoms with Crippen molar-refractivity contribution in [3.05, 3.63) is 0 Å². The number of carbonyl (C=O) groups is 1. The number of aliphatic hydroxyl groups excluding tert-OH is 1. The molecule has 0 aromatic carbocycles. The second-order valence-corrected chi connectivity index (χ2v) is 7.96. The lowest BCUT2D eigenvalue weighted by atomic mass is 10.0. The number of carboxylic acids is 1. The van der Waals surface area contributed by atoms with Crippen molar-refractivity contribution >= 4 is 5.97 Å². The summed E-state index contributed by atoms with van der Waals surface area (Å²) in [5, 5.41) is 16.0. The molecule has 0 aromatic rings. The predicted octanol–water partition coefficient (Wildman–Crippen LogP) is 6.41. The summed E-state index contributed by atoms with van der Waals surface area (Å²) in [7, 11) is 4.39. The number of nitrogens with zero attached hydrogens (tertiary/aromatic N) is 1. The molecule has 0 aromatic heterocycles. The van der Waals surface area contributed by atoms with Crippen LogP contribution in [0.1, 0.15) is 103 Å². The van der Waals surface area contributed by atoms with Crippen molar-refractivity contribution in [1.29, 1.82) is 0 Å². The highest BCUT2D eigenvalue weighted by molar-refractivity contribution is 5.73. The number of hydrogen-bond acceptors (Lipinski definition) is 3. The molecule has 0 radical (unpaired) electrons. The molecule has 0 rings (SSSR count). The summed E-state index contributed by atoms with van der Waals surface area (Å²) in [5.41, 5.74) is 0. The van der Waals surface area contributed by atoms with E-state index in [0.29, 0.717) is 12.6 Å². The van der Waals surface area contributed by atoms with Gasteiger partial charge in [-0.1, -0.05) is 77.6 Å². The monoisotopic (exact) mass is 427 g/mol. The molecule has 0 amide bonds. The first kappa shape index (κ1) is 30.4. The number of rotatable bonds is 17. The minimum atomic E-state index is -5.08. The van der Waals surface area contributed by atoms with E-state index in [2.05, 4.69) is 25.9 Å². The maximum Gasteiger partial charge on any atom is 0.490 e. The highest BCUT2D eigenvalue weighted by Gasteiger charge is 2.38. The van der Waals surface area contributed by atoms with Gasteiger partial charge in [-0.3, -0.25) is 0 Å². The van der Waals surface area contributed by atoms with E-state index in [4.69, 9.17) is 15.0 Å². The minimum Gasteiger partial charge on any atom is -0.475 e. The molecule has 0 spiro atoms. The van der Waals surface area contributed by atoms with Crippen LogP contribution in [0.3, 0.4) is 0 Å². The minimum absolute atomic E-state index is 0.346. The van der Waals surface area contributed by atoms with E-state index in [0.717, 1.165) is 12.8 Å². The fourth-order valence-electron chi connectivity index (χ4n) is 3.20. The highest BCUT2D eigenvalue weighted by atomic mass is 19.4. The standard InChI is InChI=1S/C20H43NO.C2HF3O2/c1-4-5-6-7-8-9-10-11-12-13-14-17-20(21(2)3)18-15-16-19-22;3-2(4,5)1(6)7/h20,22H,4-19H2,1-3H3;(H,6,7). The van der Waals surface area contributed by atoms with Gasteiger partial charge >= 0.3 is 12.1 Å². The molecule has 176 valence electrons. The molecule has 0 aliphatic carbocycles. The van der Waals surface area contributed by atoms with Gasteiger partial charge in [0.05, 0.1) is 0 Å². The molecule has 2 N–H and O–H groups in total. The largest absolute Gasteiger partial charge is 0.490 e. The summed E-state index contributed by atoms with van der Waals surface area (Å²) in [6.07, 6.45) is 15.3. The normalized spacial score (nSPS) is 12.6. The third kappa shape index (κ3) is 23.3. The van der Waals surface area contributed by atoms with Gasteiger partial charge < -0.3 is 15.1 Å².